The Balaban J connectivity index is 1.40. The van der Waals surface area contributed by atoms with E-state index in [-0.39, 0.29) is 12.5 Å². The van der Waals surface area contributed by atoms with Gasteiger partial charge in [0.05, 0.1) is 37.3 Å². The van der Waals surface area contributed by atoms with E-state index < -0.39 is 11.9 Å². The average molecular weight is 477 g/mol. The summed E-state index contributed by atoms with van der Waals surface area (Å²) in [7, 11) is 1.62. The summed E-state index contributed by atoms with van der Waals surface area (Å²) in [4.78, 5) is 29.2. The van der Waals surface area contributed by atoms with Crippen molar-refractivity contribution >= 4 is 23.2 Å². The summed E-state index contributed by atoms with van der Waals surface area (Å²) in [6.07, 6.45) is 0. The zero-order valence-electron chi connectivity index (χ0n) is 20.4. The molecule has 0 bridgehead atoms. The van der Waals surface area contributed by atoms with Crippen LogP contribution in [0.25, 0.3) is 0 Å². The summed E-state index contributed by atoms with van der Waals surface area (Å²) >= 11 is 0. The Bertz CT molecular complexity index is 1180. The number of aryl methyl sites for hydroxylation is 1. The van der Waals surface area contributed by atoms with Crippen LogP contribution >= 0.6 is 0 Å². The molecule has 1 aliphatic rings. The highest BCUT2D eigenvalue weighted by atomic mass is 16.5. The fourth-order valence-corrected chi connectivity index (χ4v) is 4.46. The lowest BCUT2D eigenvalue weighted by atomic mass is 10.1. The lowest BCUT2D eigenvalue weighted by Gasteiger charge is -2.40. The lowest BCUT2D eigenvalue weighted by molar-refractivity contribution is -0.125. The number of amides is 2. The lowest BCUT2D eigenvalue weighted by Crippen LogP contribution is -2.59. The molecule has 9 heteroatoms. The zero-order chi connectivity index (χ0) is 24.9. The van der Waals surface area contributed by atoms with Crippen LogP contribution in [0, 0.1) is 13.8 Å². The first kappa shape index (κ1) is 24.3. The maximum absolute atomic E-state index is 13.0. The highest BCUT2D eigenvalue weighted by Crippen LogP contribution is 2.23. The van der Waals surface area contributed by atoms with Crippen LogP contribution in [0.4, 0.5) is 11.4 Å². The van der Waals surface area contributed by atoms with Gasteiger partial charge >= 0.3 is 0 Å². The number of nitrogens with two attached hydrogens (primary N) is 1. The number of anilines is 2. The molecule has 0 unspecified atom stereocenters. The van der Waals surface area contributed by atoms with Crippen LogP contribution in [0.2, 0.25) is 0 Å². The summed E-state index contributed by atoms with van der Waals surface area (Å²) in [5.41, 5.74) is 10.2. The van der Waals surface area contributed by atoms with E-state index in [1.54, 1.807) is 7.11 Å². The second-order valence-corrected chi connectivity index (χ2v) is 8.77. The predicted molar refractivity (Wildman–Crippen MR) is 136 cm³/mol. The normalized spacial score (nSPS) is 16.2. The minimum atomic E-state index is -0.570. The molecule has 1 aromatic heterocycles. The summed E-state index contributed by atoms with van der Waals surface area (Å²) in [6, 6.07) is 17.2. The molecule has 0 spiro atoms. The Morgan fingerprint density at radius 1 is 1.09 bits per heavy atom. The fourth-order valence-electron chi connectivity index (χ4n) is 4.46. The van der Waals surface area contributed by atoms with Gasteiger partial charge in [-0.15, -0.1) is 0 Å². The Labute approximate surface area is 205 Å². The molecule has 2 heterocycles. The standard InChI is InChI=1S/C26H32N6O3/c1-18-25(19(2)32(29-18)15-20-7-5-4-6-8-20)28-24(33)17-31-14-13-30(16-23(31)26(27)34)21-9-11-22(35-3)12-10-21/h4-12,23H,13-17H2,1-3H3,(H2,27,34)(H,28,33)/t23-/m0/s1. The van der Waals surface area contributed by atoms with E-state index in [9.17, 15) is 9.59 Å². The summed E-state index contributed by atoms with van der Waals surface area (Å²) < 4.78 is 7.11. The van der Waals surface area contributed by atoms with E-state index in [1.807, 2.05) is 78.0 Å². The van der Waals surface area contributed by atoms with Crippen molar-refractivity contribution in [3.63, 3.8) is 0 Å². The molecule has 1 aliphatic heterocycles. The van der Waals surface area contributed by atoms with E-state index in [4.69, 9.17) is 10.5 Å². The van der Waals surface area contributed by atoms with Gasteiger partial charge in [0.15, 0.2) is 0 Å². The number of hydrogen-bond acceptors (Lipinski definition) is 6. The van der Waals surface area contributed by atoms with Gasteiger partial charge in [-0.3, -0.25) is 19.2 Å². The second-order valence-electron chi connectivity index (χ2n) is 8.77. The van der Waals surface area contributed by atoms with E-state index in [2.05, 4.69) is 15.3 Å². The quantitative estimate of drug-likeness (QED) is 0.516. The minimum Gasteiger partial charge on any atom is -0.497 e. The molecule has 2 aromatic carbocycles. The Kier molecular flexibility index (Phi) is 7.36. The van der Waals surface area contributed by atoms with Gasteiger partial charge in [-0.25, -0.2) is 0 Å². The Morgan fingerprint density at radius 2 is 1.80 bits per heavy atom. The SMILES string of the molecule is COc1ccc(N2CCN(CC(=O)Nc3c(C)nn(Cc4ccccc4)c3C)[C@H](C(N)=O)C2)cc1. The molecule has 2 amide bonds. The maximum atomic E-state index is 13.0. The molecule has 0 aliphatic carbocycles. The van der Waals surface area contributed by atoms with E-state index in [1.165, 1.54) is 0 Å². The molecule has 3 aromatic rings. The largest absolute Gasteiger partial charge is 0.497 e. The Morgan fingerprint density at radius 3 is 2.46 bits per heavy atom. The number of methoxy groups -OCH3 is 1. The molecule has 35 heavy (non-hydrogen) atoms. The van der Waals surface area contributed by atoms with E-state index >= 15 is 0 Å². The molecule has 1 saturated heterocycles. The number of carbonyl (C=O) groups is 2. The highest BCUT2D eigenvalue weighted by molar-refractivity contribution is 5.94. The van der Waals surface area contributed by atoms with Crippen LogP contribution in [0.15, 0.2) is 54.6 Å². The number of rotatable bonds is 8. The van der Waals surface area contributed by atoms with Crippen molar-refractivity contribution in [2.45, 2.75) is 26.4 Å². The third-order valence-corrected chi connectivity index (χ3v) is 6.42. The van der Waals surface area contributed by atoms with Crippen LogP contribution in [0.1, 0.15) is 17.0 Å². The van der Waals surface area contributed by atoms with Gasteiger partial charge in [-0.05, 0) is 43.7 Å². The number of piperazine rings is 1. The summed E-state index contributed by atoms with van der Waals surface area (Å²) in [5.74, 6) is 0.131. The van der Waals surface area contributed by atoms with E-state index in [0.29, 0.717) is 31.9 Å². The molecular weight excluding hydrogens is 444 g/mol. The van der Waals surface area contributed by atoms with Gasteiger partial charge in [0, 0.05) is 25.3 Å². The monoisotopic (exact) mass is 476 g/mol. The molecule has 0 saturated carbocycles. The van der Waals surface area contributed by atoms with Crippen LogP contribution < -0.4 is 20.7 Å². The molecule has 184 valence electrons. The van der Waals surface area contributed by atoms with Crippen LogP contribution in [0.5, 0.6) is 5.75 Å². The van der Waals surface area contributed by atoms with Crippen molar-refractivity contribution in [1.29, 1.82) is 0 Å². The smallest absolute Gasteiger partial charge is 0.238 e. The van der Waals surface area contributed by atoms with Crippen molar-refractivity contribution in [3.05, 3.63) is 71.5 Å². The van der Waals surface area contributed by atoms with Crippen molar-refractivity contribution in [1.82, 2.24) is 14.7 Å². The number of nitrogens with one attached hydrogen (secondary N) is 1. The van der Waals surface area contributed by atoms with Gasteiger partial charge < -0.3 is 20.7 Å². The van der Waals surface area contributed by atoms with Gasteiger partial charge in [0.25, 0.3) is 0 Å². The molecule has 4 rings (SSSR count). The molecular formula is C26H32N6O3. The number of nitrogens with zero attached hydrogens (tertiary/aromatic N) is 4. The van der Waals surface area contributed by atoms with Gasteiger partial charge in [-0.2, -0.15) is 5.10 Å². The Hall–Kier alpha value is -3.85. The van der Waals surface area contributed by atoms with Crippen LogP contribution in [-0.4, -0.2) is 65.8 Å². The van der Waals surface area contributed by atoms with Crippen LogP contribution in [0.3, 0.4) is 0 Å². The van der Waals surface area contributed by atoms with Crippen molar-refractivity contribution < 1.29 is 14.3 Å². The highest BCUT2D eigenvalue weighted by Gasteiger charge is 2.32. The zero-order valence-corrected chi connectivity index (χ0v) is 20.4. The third-order valence-electron chi connectivity index (χ3n) is 6.42. The first-order valence-electron chi connectivity index (χ1n) is 11.7. The predicted octanol–water partition coefficient (Wildman–Crippen LogP) is 2.17. The first-order valence-corrected chi connectivity index (χ1v) is 11.7. The van der Waals surface area contributed by atoms with Crippen molar-refractivity contribution in [3.8, 4) is 5.75 Å². The van der Waals surface area contributed by atoms with Crippen LogP contribution in [-0.2, 0) is 16.1 Å². The van der Waals surface area contributed by atoms with E-state index in [0.717, 1.165) is 28.4 Å². The van der Waals surface area contributed by atoms with Crippen molar-refractivity contribution in [2.75, 3.05) is 43.5 Å². The number of hydrogen-bond donors (Lipinski definition) is 2. The number of ether oxygens (including phenoxy) is 1. The number of primary amides is 1. The average Bonchev–Trinajstić information content (AvgIpc) is 3.12. The molecule has 1 fully saturated rings. The second kappa shape index (κ2) is 10.6. The minimum absolute atomic E-state index is 0.0762. The molecule has 9 nitrogen and oxygen atoms in total. The van der Waals surface area contributed by atoms with Gasteiger partial charge in [-0.1, -0.05) is 30.3 Å². The topological polar surface area (TPSA) is 106 Å². The summed E-state index contributed by atoms with van der Waals surface area (Å²) in [6.45, 7) is 6.16. The fraction of sp³-hybridized carbons (Fsp3) is 0.346. The molecule has 0 radical (unpaired) electrons. The molecule has 3 N–H and O–H groups in total. The summed E-state index contributed by atoms with van der Waals surface area (Å²) in [5, 5.41) is 7.61. The van der Waals surface area contributed by atoms with Crippen molar-refractivity contribution in [2.24, 2.45) is 5.73 Å². The third kappa shape index (κ3) is 5.63. The van der Waals surface area contributed by atoms with Gasteiger partial charge in [0.1, 0.15) is 11.8 Å². The number of carbonyl (C=O) groups excluding carboxylic acids is 2. The number of benzene rings is 2. The first-order chi connectivity index (χ1) is 16.9. The maximum Gasteiger partial charge on any atom is 0.238 e. The molecule has 1 atom stereocenters. The van der Waals surface area contributed by atoms with Gasteiger partial charge in [0.2, 0.25) is 11.8 Å². The number of aromatic nitrogens is 2.